The summed E-state index contributed by atoms with van der Waals surface area (Å²) in [5.74, 6) is 1.94. The number of aromatic nitrogens is 2. The Balaban J connectivity index is 1.55. The van der Waals surface area contributed by atoms with Gasteiger partial charge in [0.05, 0.1) is 4.34 Å². The van der Waals surface area contributed by atoms with Crippen molar-refractivity contribution in [3.05, 3.63) is 28.4 Å². The summed E-state index contributed by atoms with van der Waals surface area (Å²) >= 11 is 6.79. The fourth-order valence-electron chi connectivity index (χ4n) is 2.55. The lowest BCUT2D eigenvalue weighted by molar-refractivity contribution is 0.309. The van der Waals surface area contributed by atoms with Gasteiger partial charge in [-0.05, 0) is 31.9 Å². The minimum atomic E-state index is -3.56. The van der Waals surface area contributed by atoms with Crippen LogP contribution in [0.5, 0.6) is 5.88 Å². The highest BCUT2D eigenvalue weighted by molar-refractivity contribution is 7.91. The van der Waals surface area contributed by atoms with Gasteiger partial charge in [-0.2, -0.15) is 4.98 Å². The molecule has 136 valence electrons. The van der Waals surface area contributed by atoms with Gasteiger partial charge in [-0.25, -0.2) is 18.1 Å². The SMILES string of the molecule is Cc1nc(OCCNS(=O)(=O)c2ccc(Cl)s2)cc(N2CCCC2)n1. The third-order valence-corrected chi connectivity index (χ3v) is 6.87. The van der Waals surface area contributed by atoms with E-state index in [-0.39, 0.29) is 17.4 Å². The summed E-state index contributed by atoms with van der Waals surface area (Å²) in [5.41, 5.74) is 0. The minimum Gasteiger partial charge on any atom is -0.476 e. The van der Waals surface area contributed by atoms with E-state index in [1.54, 1.807) is 12.1 Å². The molecule has 0 atom stereocenters. The molecule has 3 heterocycles. The van der Waals surface area contributed by atoms with Crippen LogP contribution >= 0.6 is 22.9 Å². The van der Waals surface area contributed by atoms with Gasteiger partial charge in [0.15, 0.2) is 0 Å². The Labute approximate surface area is 156 Å². The number of rotatable bonds is 7. The van der Waals surface area contributed by atoms with Crippen LogP contribution in [-0.4, -0.2) is 44.6 Å². The Morgan fingerprint density at radius 3 is 2.76 bits per heavy atom. The summed E-state index contributed by atoms with van der Waals surface area (Å²) in [6.45, 7) is 4.10. The van der Waals surface area contributed by atoms with Gasteiger partial charge in [0.25, 0.3) is 0 Å². The average molecular weight is 403 g/mol. The molecule has 0 aromatic carbocycles. The van der Waals surface area contributed by atoms with Crippen molar-refractivity contribution in [2.75, 3.05) is 31.1 Å². The van der Waals surface area contributed by atoms with Crippen molar-refractivity contribution in [3.8, 4) is 5.88 Å². The lowest BCUT2D eigenvalue weighted by Gasteiger charge is -2.17. The fraction of sp³-hybridized carbons (Fsp3) is 0.467. The number of aryl methyl sites for hydroxylation is 1. The van der Waals surface area contributed by atoms with Gasteiger partial charge in [0, 0.05) is 25.7 Å². The van der Waals surface area contributed by atoms with Crippen molar-refractivity contribution in [2.24, 2.45) is 0 Å². The van der Waals surface area contributed by atoms with Gasteiger partial charge in [-0.15, -0.1) is 11.3 Å². The van der Waals surface area contributed by atoms with Crippen molar-refractivity contribution < 1.29 is 13.2 Å². The Morgan fingerprint density at radius 2 is 2.08 bits per heavy atom. The average Bonchev–Trinajstić information content (AvgIpc) is 3.23. The number of hydrogen-bond donors (Lipinski definition) is 1. The van der Waals surface area contributed by atoms with E-state index < -0.39 is 10.0 Å². The molecule has 7 nitrogen and oxygen atoms in total. The number of nitrogens with one attached hydrogen (secondary N) is 1. The fourth-order valence-corrected chi connectivity index (χ4v) is 5.09. The molecule has 0 amide bonds. The summed E-state index contributed by atoms with van der Waals surface area (Å²) in [7, 11) is -3.56. The number of anilines is 1. The predicted molar refractivity (Wildman–Crippen MR) is 98.2 cm³/mol. The van der Waals surface area contributed by atoms with E-state index in [9.17, 15) is 8.42 Å². The molecule has 0 spiro atoms. The predicted octanol–water partition coefficient (Wildman–Crippen LogP) is 2.46. The monoisotopic (exact) mass is 402 g/mol. The third-order valence-electron chi connectivity index (χ3n) is 3.69. The second-order valence-electron chi connectivity index (χ2n) is 5.61. The second kappa shape index (κ2) is 7.86. The van der Waals surface area contributed by atoms with Gasteiger partial charge in [0.2, 0.25) is 15.9 Å². The summed E-state index contributed by atoms with van der Waals surface area (Å²) in [4.78, 5) is 10.9. The van der Waals surface area contributed by atoms with E-state index in [4.69, 9.17) is 16.3 Å². The van der Waals surface area contributed by atoms with Crippen molar-refractivity contribution in [3.63, 3.8) is 0 Å². The van der Waals surface area contributed by atoms with Crippen LogP contribution in [0, 0.1) is 6.92 Å². The van der Waals surface area contributed by atoms with Gasteiger partial charge in [0.1, 0.15) is 22.5 Å². The first-order valence-electron chi connectivity index (χ1n) is 7.92. The Morgan fingerprint density at radius 1 is 1.32 bits per heavy atom. The Bertz CT molecular complexity index is 835. The first-order valence-corrected chi connectivity index (χ1v) is 10.6. The first kappa shape index (κ1) is 18.4. The van der Waals surface area contributed by atoms with E-state index in [0.29, 0.717) is 16.0 Å². The summed E-state index contributed by atoms with van der Waals surface area (Å²) in [6, 6.07) is 4.83. The summed E-state index contributed by atoms with van der Waals surface area (Å²) in [6.07, 6.45) is 2.32. The van der Waals surface area contributed by atoms with Crippen LogP contribution in [0.15, 0.2) is 22.4 Å². The molecule has 0 radical (unpaired) electrons. The van der Waals surface area contributed by atoms with Gasteiger partial charge >= 0.3 is 0 Å². The molecule has 10 heteroatoms. The van der Waals surface area contributed by atoms with E-state index in [1.807, 2.05) is 6.92 Å². The molecule has 2 aromatic rings. The van der Waals surface area contributed by atoms with Crippen molar-refractivity contribution in [2.45, 2.75) is 24.0 Å². The number of hydrogen-bond acceptors (Lipinski definition) is 7. The molecule has 0 bridgehead atoms. The zero-order chi connectivity index (χ0) is 17.9. The van der Waals surface area contributed by atoms with Crippen molar-refractivity contribution in [1.29, 1.82) is 0 Å². The number of nitrogens with zero attached hydrogens (tertiary/aromatic N) is 3. The Kier molecular flexibility index (Phi) is 5.78. The number of halogens is 1. The number of sulfonamides is 1. The van der Waals surface area contributed by atoms with Crippen LogP contribution in [0.4, 0.5) is 5.82 Å². The summed E-state index contributed by atoms with van der Waals surface area (Å²) < 4.78 is 32.9. The van der Waals surface area contributed by atoms with Crippen LogP contribution in [0.2, 0.25) is 4.34 Å². The molecule has 2 aromatic heterocycles. The Hall–Kier alpha value is -1.42. The standard InChI is InChI=1S/C15H19ClN4O3S2/c1-11-18-13(20-7-2-3-8-20)10-14(19-11)23-9-6-17-25(21,22)15-5-4-12(16)24-15/h4-5,10,17H,2-3,6-9H2,1H3. The zero-order valence-corrected chi connectivity index (χ0v) is 16.1. The van der Waals surface area contributed by atoms with Gasteiger partial charge < -0.3 is 9.64 Å². The van der Waals surface area contributed by atoms with E-state index in [2.05, 4.69) is 19.6 Å². The summed E-state index contributed by atoms with van der Waals surface area (Å²) in [5, 5.41) is 0. The van der Waals surface area contributed by atoms with E-state index in [1.165, 1.54) is 6.07 Å². The maximum absolute atomic E-state index is 12.1. The molecule has 0 unspecified atom stereocenters. The highest BCUT2D eigenvalue weighted by Gasteiger charge is 2.17. The van der Waals surface area contributed by atoms with E-state index >= 15 is 0 Å². The lowest BCUT2D eigenvalue weighted by atomic mass is 10.4. The highest BCUT2D eigenvalue weighted by atomic mass is 35.5. The van der Waals surface area contributed by atoms with Crippen LogP contribution < -0.4 is 14.4 Å². The van der Waals surface area contributed by atoms with Crippen LogP contribution in [0.1, 0.15) is 18.7 Å². The molecule has 1 saturated heterocycles. The molecule has 3 rings (SSSR count). The van der Waals surface area contributed by atoms with Crippen molar-refractivity contribution in [1.82, 2.24) is 14.7 Å². The third kappa shape index (κ3) is 4.81. The topological polar surface area (TPSA) is 84.4 Å². The maximum Gasteiger partial charge on any atom is 0.250 e. The molecule has 1 fully saturated rings. The minimum absolute atomic E-state index is 0.139. The molecule has 1 aliphatic rings. The number of thiophene rings is 1. The largest absolute Gasteiger partial charge is 0.476 e. The van der Waals surface area contributed by atoms with Crippen LogP contribution in [-0.2, 0) is 10.0 Å². The van der Waals surface area contributed by atoms with Crippen LogP contribution in [0.25, 0.3) is 0 Å². The second-order valence-corrected chi connectivity index (χ2v) is 9.32. The molecular weight excluding hydrogens is 384 g/mol. The molecule has 1 N–H and O–H groups in total. The lowest BCUT2D eigenvalue weighted by Crippen LogP contribution is -2.28. The quantitative estimate of drug-likeness (QED) is 0.716. The number of ether oxygens (including phenoxy) is 1. The maximum atomic E-state index is 12.1. The highest BCUT2D eigenvalue weighted by Crippen LogP contribution is 2.25. The molecule has 1 aliphatic heterocycles. The first-order chi connectivity index (χ1) is 11.9. The zero-order valence-electron chi connectivity index (χ0n) is 13.7. The normalized spacial score (nSPS) is 14.9. The van der Waals surface area contributed by atoms with E-state index in [0.717, 1.165) is 43.1 Å². The molecule has 0 saturated carbocycles. The molecule has 25 heavy (non-hydrogen) atoms. The van der Waals surface area contributed by atoms with Crippen LogP contribution in [0.3, 0.4) is 0 Å². The molecule has 0 aliphatic carbocycles. The smallest absolute Gasteiger partial charge is 0.250 e. The molecular formula is C15H19ClN4O3S2. The van der Waals surface area contributed by atoms with Gasteiger partial charge in [-0.1, -0.05) is 11.6 Å². The van der Waals surface area contributed by atoms with Crippen molar-refractivity contribution >= 4 is 38.8 Å². The van der Waals surface area contributed by atoms with Gasteiger partial charge in [-0.3, -0.25) is 0 Å².